The SMILES string of the molecule is CCCOc1ccc(-n2cncc2C(N)C(C)C)cc1. The van der Waals surface area contributed by atoms with Crippen LogP contribution in [-0.2, 0) is 0 Å². The molecule has 2 rings (SSSR count). The molecule has 0 spiro atoms. The van der Waals surface area contributed by atoms with Crippen LogP contribution in [0.5, 0.6) is 5.75 Å². The van der Waals surface area contributed by atoms with Crippen LogP contribution in [0.2, 0.25) is 0 Å². The van der Waals surface area contributed by atoms with Crippen molar-refractivity contribution >= 4 is 0 Å². The number of nitrogens with two attached hydrogens (primary N) is 1. The maximum absolute atomic E-state index is 6.23. The van der Waals surface area contributed by atoms with Gasteiger partial charge >= 0.3 is 0 Å². The number of ether oxygens (including phenoxy) is 1. The van der Waals surface area contributed by atoms with Gasteiger partial charge in [0.25, 0.3) is 0 Å². The van der Waals surface area contributed by atoms with E-state index in [0.29, 0.717) is 5.92 Å². The van der Waals surface area contributed by atoms with Crippen molar-refractivity contribution < 1.29 is 4.74 Å². The van der Waals surface area contributed by atoms with Crippen LogP contribution in [0.15, 0.2) is 36.8 Å². The molecule has 0 amide bonds. The van der Waals surface area contributed by atoms with E-state index in [1.807, 2.05) is 35.0 Å². The van der Waals surface area contributed by atoms with Crippen molar-refractivity contribution in [1.29, 1.82) is 0 Å². The van der Waals surface area contributed by atoms with E-state index in [9.17, 15) is 0 Å². The van der Waals surface area contributed by atoms with Gasteiger partial charge < -0.3 is 15.0 Å². The molecule has 0 aliphatic carbocycles. The van der Waals surface area contributed by atoms with Crippen molar-refractivity contribution in [2.75, 3.05) is 6.61 Å². The van der Waals surface area contributed by atoms with Crippen molar-refractivity contribution in [2.45, 2.75) is 33.2 Å². The first-order chi connectivity index (χ1) is 9.63. The first-order valence-electron chi connectivity index (χ1n) is 7.14. The minimum absolute atomic E-state index is 0.0199. The highest BCUT2D eigenvalue weighted by molar-refractivity contribution is 5.39. The molecule has 0 aliphatic rings. The van der Waals surface area contributed by atoms with E-state index in [1.165, 1.54) is 0 Å². The Bertz CT molecular complexity index is 531. The fraction of sp³-hybridized carbons (Fsp3) is 0.438. The topological polar surface area (TPSA) is 53.1 Å². The molecular formula is C16H23N3O. The molecule has 20 heavy (non-hydrogen) atoms. The summed E-state index contributed by atoms with van der Waals surface area (Å²) in [7, 11) is 0. The summed E-state index contributed by atoms with van der Waals surface area (Å²) in [6, 6.07) is 8.01. The smallest absolute Gasteiger partial charge is 0.119 e. The third-order valence-corrected chi connectivity index (χ3v) is 3.31. The van der Waals surface area contributed by atoms with Gasteiger partial charge in [-0.3, -0.25) is 0 Å². The van der Waals surface area contributed by atoms with Crippen LogP contribution in [0.4, 0.5) is 0 Å². The molecule has 0 saturated carbocycles. The summed E-state index contributed by atoms with van der Waals surface area (Å²) in [5.41, 5.74) is 8.31. The number of nitrogens with zero attached hydrogens (tertiary/aromatic N) is 2. The van der Waals surface area contributed by atoms with E-state index in [0.717, 1.165) is 30.2 Å². The van der Waals surface area contributed by atoms with Crippen LogP contribution in [0, 0.1) is 5.92 Å². The fourth-order valence-corrected chi connectivity index (χ4v) is 2.03. The summed E-state index contributed by atoms with van der Waals surface area (Å²) in [6.45, 7) is 7.07. The van der Waals surface area contributed by atoms with Crippen molar-refractivity contribution in [2.24, 2.45) is 11.7 Å². The zero-order valence-electron chi connectivity index (χ0n) is 12.4. The predicted molar refractivity (Wildman–Crippen MR) is 81.1 cm³/mol. The largest absolute Gasteiger partial charge is 0.494 e. The highest BCUT2D eigenvalue weighted by atomic mass is 16.5. The van der Waals surface area contributed by atoms with Crippen molar-refractivity contribution in [3.05, 3.63) is 42.5 Å². The van der Waals surface area contributed by atoms with Crippen LogP contribution in [0.1, 0.15) is 38.9 Å². The first kappa shape index (κ1) is 14.6. The Kier molecular flexibility index (Phi) is 4.79. The Hall–Kier alpha value is -1.81. The highest BCUT2D eigenvalue weighted by Gasteiger charge is 2.15. The lowest BCUT2D eigenvalue weighted by Crippen LogP contribution is -2.19. The molecule has 1 aromatic carbocycles. The molecule has 4 nitrogen and oxygen atoms in total. The van der Waals surface area contributed by atoms with Crippen molar-refractivity contribution in [1.82, 2.24) is 9.55 Å². The van der Waals surface area contributed by atoms with Gasteiger partial charge in [-0.2, -0.15) is 0 Å². The van der Waals surface area contributed by atoms with Gasteiger partial charge in [-0.1, -0.05) is 20.8 Å². The molecule has 108 valence electrons. The molecule has 4 heteroatoms. The van der Waals surface area contributed by atoms with Gasteiger partial charge in [-0.05, 0) is 36.6 Å². The zero-order valence-corrected chi connectivity index (χ0v) is 12.4. The van der Waals surface area contributed by atoms with E-state index >= 15 is 0 Å². The van der Waals surface area contributed by atoms with Crippen LogP contribution in [-0.4, -0.2) is 16.2 Å². The average Bonchev–Trinajstić information content (AvgIpc) is 2.94. The quantitative estimate of drug-likeness (QED) is 0.878. The second kappa shape index (κ2) is 6.57. The fourth-order valence-electron chi connectivity index (χ4n) is 2.03. The molecule has 0 fully saturated rings. The van der Waals surface area contributed by atoms with Crippen molar-refractivity contribution in [3.8, 4) is 11.4 Å². The second-order valence-corrected chi connectivity index (χ2v) is 5.30. The minimum atomic E-state index is -0.0199. The molecule has 0 saturated heterocycles. The van der Waals surface area contributed by atoms with Gasteiger partial charge in [-0.15, -0.1) is 0 Å². The lowest BCUT2D eigenvalue weighted by Gasteiger charge is -2.18. The van der Waals surface area contributed by atoms with Gasteiger partial charge in [0.05, 0.1) is 24.8 Å². The summed E-state index contributed by atoms with van der Waals surface area (Å²) in [6.07, 6.45) is 4.66. The normalized spacial score (nSPS) is 12.7. The Labute approximate surface area is 120 Å². The van der Waals surface area contributed by atoms with E-state index < -0.39 is 0 Å². The maximum Gasteiger partial charge on any atom is 0.119 e. The monoisotopic (exact) mass is 273 g/mol. The van der Waals surface area contributed by atoms with Gasteiger partial charge in [0, 0.05) is 11.7 Å². The van der Waals surface area contributed by atoms with Gasteiger partial charge in [-0.25, -0.2) is 4.98 Å². The Morgan fingerprint density at radius 3 is 2.55 bits per heavy atom. The molecule has 1 heterocycles. The minimum Gasteiger partial charge on any atom is -0.494 e. The highest BCUT2D eigenvalue weighted by Crippen LogP contribution is 2.23. The van der Waals surface area contributed by atoms with Gasteiger partial charge in [0.1, 0.15) is 5.75 Å². The summed E-state index contributed by atoms with van der Waals surface area (Å²) in [5, 5.41) is 0. The molecule has 0 bridgehead atoms. The van der Waals surface area contributed by atoms with Gasteiger partial charge in [0.2, 0.25) is 0 Å². The number of aromatic nitrogens is 2. The zero-order chi connectivity index (χ0) is 14.5. The molecule has 1 unspecified atom stereocenters. The van der Waals surface area contributed by atoms with Crippen LogP contribution >= 0.6 is 0 Å². The van der Waals surface area contributed by atoms with Gasteiger partial charge in [0.15, 0.2) is 0 Å². The summed E-state index contributed by atoms with van der Waals surface area (Å²) in [5.74, 6) is 1.27. The second-order valence-electron chi connectivity index (χ2n) is 5.30. The van der Waals surface area contributed by atoms with Crippen molar-refractivity contribution in [3.63, 3.8) is 0 Å². The van der Waals surface area contributed by atoms with E-state index in [2.05, 4.69) is 25.8 Å². The lowest BCUT2D eigenvalue weighted by molar-refractivity contribution is 0.317. The lowest BCUT2D eigenvalue weighted by atomic mass is 10.0. The third kappa shape index (κ3) is 3.20. The Morgan fingerprint density at radius 1 is 1.25 bits per heavy atom. The van der Waals surface area contributed by atoms with E-state index in [-0.39, 0.29) is 6.04 Å². The molecule has 1 aromatic heterocycles. The number of imidazole rings is 1. The molecule has 2 N–H and O–H groups in total. The van der Waals surface area contributed by atoms with E-state index in [4.69, 9.17) is 10.5 Å². The molecule has 0 radical (unpaired) electrons. The van der Waals surface area contributed by atoms with Crippen LogP contribution in [0.3, 0.4) is 0 Å². The predicted octanol–water partition coefficient (Wildman–Crippen LogP) is 3.32. The summed E-state index contributed by atoms with van der Waals surface area (Å²) < 4.78 is 7.63. The number of rotatable bonds is 6. The average molecular weight is 273 g/mol. The number of benzene rings is 1. The Morgan fingerprint density at radius 2 is 1.95 bits per heavy atom. The summed E-state index contributed by atoms with van der Waals surface area (Å²) in [4.78, 5) is 4.23. The molecule has 1 atom stereocenters. The van der Waals surface area contributed by atoms with Crippen LogP contribution in [0.25, 0.3) is 5.69 Å². The maximum atomic E-state index is 6.23. The first-order valence-corrected chi connectivity index (χ1v) is 7.14. The molecular weight excluding hydrogens is 250 g/mol. The van der Waals surface area contributed by atoms with Crippen LogP contribution < -0.4 is 10.5 Å². The Balaban J connectivity index is 2.22. The third-order valence-electron chi connectivity index (χ3n) is 3.31. The molecule has 2 aromatic rings. The number of hydrogen-bond donors (Lipinski definition) is 1. The standard InChI is InChI=1S/C16H23N3O/c1-4-9-20-14-7-5-13(6-8-14)19-11-18-10-15(19)16(17)12(2)3/h5-8,10-12,16H,4,9,17H2,1-3H3. The summed E-state index contributed by atoms with van der Waals surface area (Å²) >= 11 is 0. The number of hydrogen-bond acceptors (Lipinski definition) is 3. The van der Waals surface area contributed by atoms with E-state index in [1.54, 1.807) is 6.33 Å². The molecule has 0 aliphatic heterocycles.